The van der Waals surface area contributed by atoms with Crippen molar-refractivity contribution in [3.8, 4) is 0 Å². The second kappa shape index (κ2) is 8.78. The zero-order valence-electron chi connectivity index (χ0n) is 12.5. The molecule has 0 spiro atoms. The fourth-order valence-corrected chi connectivity index (χ4v) is 1.96. The van der Waals surface area contributed by atoms with E-state index in [4.69, 9.17) is 5.11 Å². The van der Waals surface area contributed by atoms with Crippen molar-refractivity contribution in [3.63, 3.8) is 0 Å². The minimum atomic E-state index is -1.10. The minimum absolute atomic E-state index is 0.267. The van der Waals surface area contributed by atoms with E-state index in [2.05, 4.69) is 15.4 Å². The van der Waals surface area contributed by atoms with Crippen molar-refractivity contribution in [2.45, 2.75) is 24.9 Å². The number of ether oxygens (including phenoxy) is 1. The molecule has 0 aliphatic heterocycles. The molecule has 0 bridgehead atoms. The largest absolute Gasteiger partial charge is 0.481 e. The van der Waals surface area contributed by atoms with Gasteiger partial charge in [-0.1, -0.05) is 30.3 Å². The van der Waals surface area contributed by atoms with Gasteiger partial charge in [0, 0.05) is 6.42 Å². The molecule has 2 atom stereocenters. The number of carboxylic acids is 1. The number of carbonyl (C=O) groups is 3. The summed E-state index contributed by atoms with van der Waals surface area (Å²) in [6, 6.07) is 7.37. The summed E-state index contributed by atoms with van der Waals surface area (Å²) >= 11 is 0. The Bertz CT molecular complexity index is 518. The van der Waals surface area contributed by atoms with Crippen molar-refractivity contribution < 1.29 is 24.2 Å². The van der Waals surface area contributed by atoms with E-state index in [1.165, 1.54) is 14.2 Å². The number of esters is 1. The highest BCUT2D eigenvalue weighted by molar-refractivity contribution is 5.90. The highest BCUT2D eigenvalue weighted by atomic mass is 16.5. The monoisotopic (exact) mass is 308 g/mol. The molecule has 1 rings (SSSR count). The molecule has 1 amide bonds. The van der Waals surface area contributed by atoms with Gasteiger partial charge >= 0.3 is 11.9 Å². The van der Waals surface area contributed by atoms with Gasteiger partial charge in [0.1, 0.15) is 6.04 Å². The smallest absolute Gasteiger partial charge is 0.328 e. The van der Waals surface area contributed by atoms with Gasteiger partial charge in [-0.2, -0.15) is 0 Å². The number of benzene rings is 1. The van der Waals surface area contributed by atoms with E-state index >= 15 is 0 Å². The average molecular weight is 308 g/mol. The number of hydrogen-bond donors (Lipinski definition) is 3. The van der Waals surface area contributed by atoms with E-state index in [0.29, 0.717) is 0 Å². The summed E-state index contributed by atoms with van der Waals surface area (Å²) in [6.07, 6.45) is -0.107. The van der Waals surface area contributed by atoms with Crippen LogP contribution in [0.1, 0.15) is 12.0 Å². The first-order valence-corrected chi connectivity index (χ1v) is 6.79. The van der Waals surface area contributed by atoms with E-state index in [-0.39, 0.29) is 12.8 Å². The number of likely N-dealkylation sites (N-methyl/N-ethyl adjacent to an activating group) is 1. The van der Waals surface area contributed by atoms with Gasteiger partial charge in [-0.25, -0.2) is 4.79 Å². The van der Waals surface area contributed by atoms with Crippen LogP contribution in [0.25, 0.3) is 0 Å². The van der Waals surface area contributed by atoms with E-state index in [9.17, 15) is 14.4 Å². The molecule has 3 N–H and O–H groups in total. The Balaban J connectivity index is 2.78. The second-order valence-electron chi connectivity index (χ2n) is 4.71. The summed E-state index contributed by atoms with van der Waals surface area (Å²) in [7, 11) is 2.72. The van der Waals surface area contributed by atoms with E-state index in [0.717, 1.165) is 5.56 Å². The summed E-state index contributed by atoms with van der Waals surface area (Å²) in [6.45, 7) is 0. The van der Waals surface area contributed by atoms with Crippen LogP contribution in [0.5, 0.6) is 0 Å². The van der Waals surface area contributed by atoms with Crippen LogP contribution in [0.15, 0.2) is 30.3 Å². The Kier molecular flexibility index (Phi) is 7.04. The number of rotatable bonds is 8. The number of aliphatic carboxylic acids is 1. The van der Waals surface area contributed by atoms with Gasteiger partial charge in [0.05, 0.1) is 19.6 Å². The highest BCUT2D eigenvalue weighted by Crippen LogP contribution is 2.05. The van der Waals surface area contributed by atoms with Crippen molar-refractivity contribution in [2.24, 2.45) is 0 Å². The van der Waals surface area contributed by atoms with Gasteiger partial charge in [0.2, 0.25) is 5.91 Å². The first-order chi connectivity index (χ1) is 10.5. The van der Waals surface area contributed by atoms with E-state index in [1.54, 1.807) is 0 Å². The Morgan fingerprint density at radius 3 is 2.32 bits per heavy atom. The van der Waals surface area contributed by atoms with E-state index < -0.39 is 29.9 Å². The predicted octanol–water partition coefficient (Wildman–Crippen LogP) is -0.0504. The molecule has 2 unspecified atom stereocenters. The third kappa shape index (κ3) is 5.53. The number of carbonyl (C=O) groups excluding carboxylic acids is 2. The molecular weight excluding hydrogens is 288 g/mol. The van der Waals surface area contributed by atoms with Gasteiger partial charge in [-0.15, -0.1) is 0 Å². The summed E-state index contributed by atoms with van der Waals surface area (Å²) in [5.74, 6) is -2.24. The molecule has 1 aromatic carbocycles. The van der Waals surface area contributed by atoms with Crippen LogP contribution in [0.4, 0.5) is 0 Å². The molecule has 0 saturated carbocycles. The first-order valence-electron chi connectivity index (χ1n) is 6.79. The molecule has 22 heavy (non-hydrogen) atoms. The maximum absolute atomic E-state index is 12.1. The Hall–Kier alpha value is -2.41. The van der Waals surface area contributed by atoms with Crippen LogP contribution in [-0.2, 0) is 25.5 Å². The van der Waals surface area contributed by atoms with Gasteiger partial charge < -0.3 is 20.5 Å². The van der Waals surface area contributed by atoms with Crippen molar-refractivity contribution in [2.75, 3.05) is 14.2 Å². The fourth-order valence-electron chi connectivity index (χ4n) is 1.96. The van der Waals surface area contributed by atoms with Crippen LogP contribution in [0, 0.1) is 0 Å². The maximum Gasteiger partial charge on any atom is 0.328 e. The molecule has 0 aromatic heterocycles. The lowest BCUT2D eigenvalue weighted by atomic mass is 10.1. The fraction of sp³-hybridized carbons (Fsp3) is 0.400. The minimum Gasteiger partial charge on any atom is -0.481 e. The number of carboxylic acid groups (broad SMARTS) is 1. The van der Waals surface area contributed by atoms with Crippen molar-refractivity contribution in [1.82, 2.24) is 10.6 Å². The average Bonchev–Trinajstić information content (AvgIpc) is 2.51. The molecule has 0 aliphatic rings. The SMILES string of the molecule is CNC(CC(=O)O)C(=O)NC(Cc1ccccc1)C(=O)OC. The zero-order valence-corrected chi connectivity index (χ0v) is 12.5. The molecule has 1 aromatic rings. The van der Waals surface area contributed by atoms with Crippen molar-refractivity contribution in [1.29, 1.82) is 0 Å². The lowest BCUT2D eigenvalue weighted by Crippen LogP contribution is -2.51. The molecule has 0 saturated heterocycles. The summed E-state index contributed by atoms with van der Waals surface area (Å²) in [4.78, 5) is 34.6. The topological polar surface area (TPSA) is 105 Å². The van der Waals surface area contributed by atoms with Crippen LogP contribution in [0.3, 0.4) is 0 Å². The maximum atomic E-state index is 12.1. The Morgan fingerprint density at radius 2 is 1.82 bits per heavy atom. The van der Waals surface area contributed by atoms with Crippen LogP contribution in [-0.4, -0.2) is 49.2 Å². The third-order valence-corrected chi connectivity index (χ3v) is 3.13. The lowest BCUT2D eigenvalue weighted by molar-refractivity contribution is -0.145. The lowest BCUT2D eigenvalue weighted by Gasteiger charge is -2.20. The van der Waals surface area contributed by atoms with E-state index in [1.807, 2.05) is 30.3 Å². The van der Waals surface area contributed by atoms with Gasteiger partial charge in [-0.05, 0) is 12.6 Å². The Morgan fingerprint density at radius 1 is 1.18 bits per heavy atom. The van der Waals surface area contributed by atoms with Gasteiger partial charge in [0.25, 0.3) is 0 Å². The second-order valence-corrected chi connectivity index (χ2v) is 4.71. The molecule has 0 radical (unpaired) electrons. The first kappa shape index (κ1) is 17.6. The van der Waals surface area contributed by atoms with Crippen LogP contribution < -0.4 is 10.6 Å². The van der Waals surface area contributed by atoms with Crippen molar-refractivity contribution >= 4 is 17.8 Å². The summed E-state index contributed by atoms with van der Waals surface area (Å²) in [5, 5.41) is 13.9. The molecular formula is C15H20N2O5. The number of methoxy groups -OCH3 is 1. The molecule has 7 heteroatoms. The molecule has 7 nitrogen and oxygen atoms in total. The highest BCUT2D eigenvalue weighted by Gasteiger charge is 2.26. The van der Waals surface area contributed by atoms with Crippen molar-refractivity contribution in [3.05, 3.63) is 35.9 Å². The third-order valence-electron chi connectivity index (χ3n) is 3.13. The Labute approximate surface area is 128 Å². The zero-order chi connectivity index (χ0) is 16.5. The van der Waals surface area contributed by atoms with Gasteiger partial charge in [0.15, 0.2) is 0 Å². The van der Waals surface area contributed by atoms with Crippen LogP contribution >= 0.6 is 0 Å². The number of nitrogens with one attached hydrogen (secondary N) is 2. The standard InChI is InChI=1S/C15H20N2O5/c1-16-11(9-13(18)19)14(20)17-12(15(21)22-2)8-10-6-4-3-5-7-10/h3-7,11-12,16H,8-9H2,1-2H3,(H,17,20)(H,18,19). The summed E-state index contributed by atoms with van der Waals surface area (Å²) in [5.41, 5.74) is 0.859. The summed E-state index contributed by atoms with van der Waals surface area (Å²) < 4.78 is 4.69. The number of hydrogen-bond acceptors (Lipinski definition) is 5. The molecule has 0 aliphatic carbocycles. The van der Waals surface area contributed by atoms with Crippen LogP contribution in [0.2, 0.25) is 0 Å². The number of amides is 1. The predicted molar refractivity (Wildman–Crippen MR) is 79.2 cm³/mol. The quantitative estimate of drug-likeness (QED) is 0.582. The molecule has 0 fully saturated rings. The molecule has 0 heterocycles. The van der Waals surface area contributed by atoms with Gasteiger partial charge in [-0.3, -0.25) is 9.59 Å². The molecule has 120 valence electrons. The normalized spacial score (nSPS) is 13.0.